The fourth-order valence-corrected chi connectivity index (χ4v) is 3.37. The predicted molar refractivity (Wildman–Crippen MR) is 104 cm³/mol. The van der Waals surface area contributed by atoms with Gasteiger partial charge >= 0.3 is 0 Å². The lowest BCUT2D eigenvalue weighted by Crippen LogP contribution is -2.38. The van der Waals surface area contributed by atoms with Crippen molar-refractivity contribution in [2.24, 2.45) is 10.7 Å². The van der Waals surface area contributed by atoms with Crippen LogP contribution in [0.3, 0.4) is 0 Å². The molecule has 0 atom stereocenters. The van der Waals surface area contributed by atoms with Crippen molar-refractivity contribution in [2.75, 3.05) is 25.1 Å². The van der Waals surface area contributed by atoms with Crippen molar-refractivity contribution in [1.82, 2.24) is 0 Å². The summed E-state index contributed by atoms with van der Waals surface area (Å²) in [5.41, 5.74) is 9.38. The molecule has 25 heavy (non-hydrogen) atoms. The van der Waals surface area contributed by atoms with Gasteiger partial charge < -0.3 is 15.8 Å². The number of hydrogen-bond donors (Lipinski definition) is 2. The zero-order valence-electron chi connectivity index (χ0n) is 14.5. The Balaban J connectivity index is 1.77. The molecule has 1 heterocycles. The van der Waals surface area contributed by atoms with E-state index in [9.17, 15) is 0 Å². The number of ether oxygens (including phenoxy) is 1. The van der Waals surface area contributed by atoms with Crippen LogP contribution in [-0.4, -0.2) is 25.7 Å². The molecule has 0 aromatic heterocycles. The highest BCUT2D eigenvalue weighted by atomic mass is 35.5. The number of anilines is 1. The van der Waals surface area contributed by atoms with Gasteiger partial charge in [-0.1, -0.05) is 41.4 Å². The van der Waals surface area contributed by atoms with E-state index in [-0.39, 0.29) is 5.41 Å². The molecule has 4 nitrogen and oxygen atoms in total. The van der Waals surface area contributed by atoms with Crippen molar-refractivity contribution >= 4 is 23.2 Å². The largest absolute Gasteiger partial charge is 0.381 e. The molecule has 0 saturated carbocycles. The molecule has 2 aromatic carbocycles. The molecule has 1 aliphatic heterocycles. The number of aliphatic imine (C=N–C) groups is 1. The van der Waals surface area contributed by atoms with Crippen LogP contribution in [0.2, 0.25) is 5.02 Å². The Kier molecular flexibility index (Phi) is 5.61. The Morgan fingerprint density at radius 2 is 1.92 bits per heavy atom. The predicted octanol–water partition coefficient (Wildman–Crippen LogP) is 4.12. The average Bonchev–Trinajstić information content (AvgIpc) is 2.63. The molecule has 5 heteroatoms. The molecule has 0 spiro atoms. The molecule has 132 valence electrons. The average molecular weight is 358 g/mol. The Labute approximate surface area is 154 Å². The summed E-state index contributed by atoms with van der Waals surface area (Å²) in [7, 11) is 0. The van der Waals surface area contributed by atoms with E-state index < -0.39 is 0 Å². The number of halogens is 1. The fraction of sp³-hybridized carbons (Fsp3) is 0.350. The first kappa shape index (κ1) is 17.8. The molecule has 0 aliphatic carbocycles. The third-order valence-corrected chi connectivity index (χ3v) is 5.00. The summed E-state index contributed by atoms with van der Waals surface area (Å²) in [5, 5.41) is 3.91. The van der Waals surface area contributed by atoms with E-state index in [1.54, 1.807) is 0 Å². The SMILES string of the molecule is Cc1ccc(NC(N)=NCC2(c3cccc(Cl)c3)CCOCC2)cc1. The molecule has 3 N–H and O–H groups in total. The summed E-state index contributed by atoms with van der Waals surface area (Å²) in [4.78, 5) is 4.63. The van der Waals surface area contributed by atoms with E-state index in [0.717, 1.165) is 36.8 Å². The zero-order chi connectivity index (χ0) is 17.7. The van der Waals surface area contributed by atoms with Gasteiger partial charge in [0.25, 0.3) is 0 Å². The van der Waals surface area contributed by atoms with E-state index in [0.29, 0.717) is 12.5 Å². The van der Waals surface area contributed by atoms with E-state index in [1.807, 2.05) is 42.5 Å². The van der Waals surface area contributed by atoms with E-state index >= 15 is 0 Å². The van der Waals surface area contributed by atoms with Crippen LogP contribution in [0, 0.1) is 6.92 Å². The summed E-state index contributed by atoms with van der Waals surface area (Å²) in [6, 6.07) is 16.1. The Morgan fingerprint density at radius 3 is 2.60 bits per heavy atom. The van der Waals surface area contributed by atoms with Crippen LogP contribution in [-0.2, 0) is 10.2 Å². The number of nitrogens with two attached hydrogens (primary N) is 1. The number of rotatable bonds is 4. The van der Waals surface area contributed by atoms with E-state index in [1.165, 1.54) is 11.1 Å². The first-order chi connectivity index (χ1) is 12.1. The maximum atomic E-state index is 6.20. The molecule has 0 radical (unpaired) electrons. The van der Waals surface area contributed by atoms with Crippen LogP contribution in [0.25, 0.3) is 0 Å². The second-order valence-corrected chi connectivity index (χ2v) is 7.03. The third kappa shape index (κ3) is 4.53. The maximum absolute atomic E-state index is 6.20. The van der Waals surface area contributed by atoms with Gasteiger partial charge in [-0.2, -0.15) is 0 Å². The Morgan fingerprint density at radius 1 is 1.20 bits per heavy atom. The van der Waals surface area contributed by atoms with Gasteiger partial charge in [0.05, 0.1) is 6.54 Å². The van der Waals surface area contributed by atoms with E-state index in [2.05, 4.69) is 23.3 Å². The highest BCUT2D eigenvalue weighted by molar-refractivity contribution is 6.30. The highest BCUT2D eigenvalue weighted by Gasteiger charge is 2.34. The first-order valence-electron chi connectivity index (χ1n) is 8.55. The van der Waals surface area contributed by atoms with Crippen LogP contribution in [0.4, 0.5) is 5.69 Å². The van der Waals surface area contributed by atoms with Gasteiger partial charge in [-0.3, -0.25) is 4.99 Å². The van der Waals surface area contributed by atoms with Crippen LogP contribution in [0.15, 0.2) is 53.5 Å². The van der Waals surface area contributed by atoms with Gasteiger partial charge in [-0.15, -0.1) is 0 Å². The number of nitrogens with one attached hydrogen (secondary N) is 1. The first-order valence-corrected chi connectivity index (χ1v) is 8.93. The second kappa shape index (κ2) is 7.89. The minimum Gasteiger partial charge on any atom is -0.381 e. The summed E-state index contributed by atoms with van der Waals surface area (Å²) in [5.74, 6) is 0.428. The molecule has 0 bridgehead atoms. The van der Waals surface area contributed by atoms with Crippen LogP contribution < -0.4 is 11.1 Å². The van der Waals surface area contributed by atoms with Gasteiger partial charge in [-0.05, 0) is 49.6 Å². The van der Waals surface area contributed by atoms with Gasteiger partial charge in [0, 0.05) is 29.3 Å². The molecular weight excluding hydrogens is 334 g/mol. The number of hydrogen-bond acceptors (Lipinski definition) is 2. The molecule has 3 rings (SSSR count). The van der Waals surface area contributed by atoms with Crippen LogP contribution in [0.5, 0.6) is 0 Å². The van der Waals surface area contributed by atoms with Gasteiger partial charge in [-0.25, -0.2) is 0 Å². The quantitative estimate of drug-likeness (QED) is 0.639. The lowest BCUT2D eigenvalue weighted by molar-refractivity contribution is 0.0531. The normalized spacial score (nSPS) is 17.3. The highest BCUT2D eigenvalue weighted by Crippen LogP contribution is 2.36. The Bertz CT molecular complexity index is 737. The monoisotopic (exact) mass is 357 g/mol. The van der Waals surface area contributed by atoms with Crippen molar-refractivity contribution in [3.05, 3.63) is 64.7 Å². The van der Waals surface area contributed by atoms with Gasteiger partial charge in [0.2, 0.25) is 0 Å². The maximum Gasteiger partial charge on any atom is 0.193 e. The summed E-state index contributed by atoms with van der Waals surface area (Å²) < 4.78 is 5.56. The van der Waals surface area contributed by atoms with Gasteiger partial charge in [0.15, 0.2) is 5.96 Å². The smallest absolute Gasteiger partial charge is 0.193 e. The minimum absolute atomic E-state index is 0.0806. The molecule has 0 unspecified atom stereocenters. The van der Waals surface area contributed by atoms with Gasteiger partial charge in [0.1, 0.15) is 0 Å². The van der Waals surface area contributed by atoms with Crippen molar-refractivity contribution in [3.8, 4) is 0 Å². The summed E-state index contributed by atoms with van der Waals surface area (Å²) >= 11 is 6.20. The standard InChI is InChI=1S/C20H24ClN3O/c1-15-5-7-18(8-6-15)24-19(22)23-14-20(9-11-25-12-10-20)16-3-2-4-17(21)13-16/h2-8,13H,9-12,14H2,1H3,(H3,22,23,24). The van der Waals surface area contributed by atoms with Crippen molar-refractivity contribution in [3.63, 3.8) is 0 Å². The Hall–Kier alpha value is -2.04. The summed E-state index contributed by atoms with van der Waals surface area (Å²) in [6.45, 7) is 4.13. The lowest BCUT2D eigenvalue weighted by Gasteiger charge is -2.36. The van der Waals surface area contributed by atoms with E-state index in [4.69, 9.17) is 22.1 Å². The topological polar surface area (TPSA) is 59.6 Å². The fourth-order valence-electron chi connectivity index (χ4n) is 3.18. The molecule has 1 saturated heterocycles. The van der Waals surface area contributed by atoms with Crippen molar-refractivity contribution in [1.29, 1.82) is 0 Å². The second-order valence-electron chi connectivity index (χ2n) is 6.60. The molecule has 0 amide bonds. The lowest BCUT2D eigenvalue weighted by atomic mass is 9.74. The zero-order valence-corrected chi connectivity index (χ0v) is 15.2. The molecule has 1 fully saturated rings. The third-order valence-electron chi connectivity index (χ3n) is 4.76. The number of guanidine groups is 1. The summed E-state index contributed by atoms with van der Waals surface area (Å²) in [6.07, 6.45) is 1.82. The molecule has 2 aromatic rings. The van der Waals surface area contributed by atoms with Crippen molar-refractivity contribution < 1.29 is 4.74 Å². The molecular formula is C20H24ClN3O. The van der Waals surface area contributed by atoms with Crippen LogP contribution >= 0.6 is 11.6 Å². The molecule has 1 aliphatic rings. The minimum atomic E-state index is -0.0806. The van der Waals surface area contributed by atoms with Crippen molar-refractivity contribution in [2.45, 2.75) is 25.2 Å². The number of aryl methyl sites for hydroxylation is 1. The number of benzene rings is 2. The number of nitrogens with zero attached hydrogens (tertiary/aromatic N) is 1. The van der Waals surface area contributed by atoms with Crippen LogP contribution in [0.1, 0.15) is 24.0 Å².